The third kappa shape index (κ3) is 1.58. The van der Waals surface area contributed by atoms with Gasteiger partial charge in [0.05, 0.1) is 0 Å². The van der Waals surface area contributed by atoms with Crippen molar-refractivity contribution in [2.75, 3.05) is 12.3 Å². The number of hydrogen-bond donors (Lipinski definition) is 3. The Morgan fingerprint density at radius 2 is 2.44 bits per heavy atom. The van der Waals surface area contributed by atoms with Crippen molar-refractivity contribution in [1.29, 1.82) is 0 Å². The fourth-order valence-corrected chi connectivity index (χ4v) is 1.48. The van der Waals surface area contributed by atoms with Crippen LogP contribution in [0.4, 0.5) is 0 Å². The molecule has 0 aromatic rings. The summed E-state index contributed by atoms with van der Waals surface area (Å²) in [6.45, 7) is 4.14. The zero-order valence-corrected chi connectivity index (χ0v) is 5.82. The van der Waals surface area contributed by atoms with Crippen molar-refractivity contribution in [3.05, 3.63) is 6.92 Å². The molecule has 4 heteroatoms. The van der Waals surface area contributed by atoms with E-state index in [-0.39, 0.29) is 0 Å². The van der Waals surface area contributed by atoms with Crippen LogP contribution < -0.4 is 5.32 Å². The van der Waals surface area contributed by atoms with E-state index in [2.05, 4.69) is 12.2 Å². The number of nitrogens with one attached hydrogen (secondary N) is 1. The molecular weight excluding hydrogens is 138 g/mol. The molecule has 0 aromatic carbocycles. The average molecular weight is 148 g/mol. The first-order valence-corrected chi connectivity index (χ1v) is 3.74. The zero-order valence-electron chi connectivity index (χ0n) is 5.00. The normalized spacial score (nSPS) is 45.0. The van der Waals surface area contributed by atoms with Crippen LogP contribution in [0, 0.1) is 6.92 Å². The largest absolute Gasteiger partial charge is 0.375 e. The maximum Gasteiger partial charge on any atom is 0.149 e. The Balaban J connectivity index is 2.49. The molecule has 0 aliphatic carbocycles. The first-order valence-electron chi connectivity index (χ1n) is 2.76. The summed E-state index contributed by atoms with van der Waals surface area (Å²) in [4.78, 5) is -1.25. The molecule has 0 bridgehead atoms. The standard InChI is InChI=1S/C5H10NO2S/c1-5(8)4(7)6-2-3-9-5/h4,6-8H,1-3H2. The van der Waals surface area contributed by atoms with Gasteiger partial charge in [-0.3, -0.25) is 5.32 Å². The molecule has 53 valence electrons. The third-order valence-corrected chi connectivity index (χ3v) is 2.35. The van der Waals surface area contributed by atoms with Gasteiger partial charge in [-0.2, -0.15) is 0 Å². The van der Waals surface area contributed by atoms with Crippen LogP contribution in [0.2, 0.25) is 0 Å². The van der Waals surface area contributed by atoms with Crippen LogP contribution in [0.25, 0.3) is 0 Å². The number of aliphatic hydroxyl groups excluding tert-OH is 1. The Bertz CT molecular complexity index is 107. The molecule has 1 saturated heterocycles. The summed E-state index contributed by atoms with van der Waals surface area (Å²) in [5.41, 5.74) is 0. The molecule has 0 amide bonds. The lowest BCUT2D eigenvalue weighted by Crippen LogP contribution is -2.51. The lowest BCUT2D eigenvalue weighted by molar-refractivity contribution is -0.00160. The van der Waals surface area contributed by atoms with Crippen molar-refractivity contribution in [3.8, 4) is 0 Å². The van der Waals surface area contributed by atoms with Gasteiger partial charge >= 0.3 is 0 Å². The molecule has 3 N–H and O–H groups in total. The van der Waals surface area contributed by atoms with Gasteiger partial charge in [-0.15, -0.1) is 11.8 Å². The Labute approximate surface area is 58.5 Å². The van der Waals surface area contributed by atoms with Gasteiger partial charge in [0.1, 0.15) is 11.2 Å². The Morgan fingerprint density at radius 3 is 2.78 bits per heavy atom. The molecule has 0 aromatic heterocycles. The second kappa shape index (κ2) is 2.46. The van der Waals surface area contributed by atoms with Crippen LogP contribution in [0.3, 0.4) is 0 Å². The van der Waals surface area contributed by atoms with Gasteiger partial charge in [0.25, 0.3) is 0 Å². The third-order valence-electron chi connectivity index (χ3n) is 1.22. The number of hydrogen-bond acceptors (Lipinski definition) is 4. The molecule has 1 radical (unpaired) electrons. The Hall–Kier alpha value is 0.230. The van der Waals surface area contributed by atoms with E-state index in [1.54, 1.807) is 0 Å². The van der Waals surface area contributed by atoms with Crippen molar-refractivity contribution < 1.29 is 10.2 Å². The second-order valence-corrected chi connectivity index (χ2v) is 3.45. The summed E-state index contributed by atoms with van der Waals surface area (Å²) < 4.78 is 0. The van der Waals surface area contributed by atoms with Gasteiger partial charge in [-0.05, 0) is 6.92 Å². The molecular formula is C5H10NO2S. The molecule has 1 rings (SSSR count). The van der Waals surface area contributed by atoms with Crippen LogP contribution in [-0.4, -0.2) is 33.7 Å². The topological polar surface area (TPSA) is 52.5 Å². The summed E-state index contributed by atoms with van der Waals surface area (Å²) in [6, 6.07) is 0. The fourth-order valence-electron chi connectivity index (χ4n) is 0.662. The Kier molecular flexibility index (Phi) is 2.00. The highest BCUT2D eigenvalue weighted by atomic mass is 32.2. The van der Waals surface area contributed by atoms with Gasteiger partial charge < -0.3 is 10.2 Å². The van der Waals surface area contributed by atoms with Crippen LogP contribution in [-0.2, 0) is 0 Å². The molecule has 1 aliphatic rings. The minimum absolute atomic E-state index is 0.726. The summed E-state index contributed by atoms with van der Waals surface area (Å²) in [5, 5.41) is 20.9. The quantitative estimate of drug-likeness (QED) is 0.419. The lowest BCUT2D eigenvalue weighted by Gasteiger charge is -2.33. The molecule has 0 saturated carbocycles. The van der Waals surface area contributed by atoms with E-state index in [1.807, 2.05) is 0 Å². The molecule has 2 unspecified atom stereocenters. The van der Waals surface area contributed by atoms with E-state index in [0.29, 0.717) is 0 Å². The van der Waals surface area contributed by atoms with E-state index < -0.39 is 11.2 Å². The number of aliphatic hydroxyl groups is 2. The first kappa shape index (κ1) is 7.34. The molecule has 9 heavy (non-hydrogen) atoms. The van der Waals surface area contributed by atoms with Crippen LogP contribution in [0.1, 0.15) is 0 Å². The van der Waals surface area contributed by atoms with Gasteiger partial charge in [-0.1, -0.05) is 0 Å². The predicted octanol–water partition coefficient (Wildman–Crippen LogP) is -0.836. The molecule has 2 atom stereocenters. The van der Waals surface area contributed by atoms with Crippen molar-refractivity contribution in [2.45, 2.75) is 11.2 Å². The van der Waals surface area contributed by atoms with Crippen LogP contribution in [0.15, 0.2) is 0 Å². The van der Waals surface area contributed by atoms with Crippen LogP contribution >= 0.6 is 11.8 Å². The molecule has 1 fully saturated rings. The number of rotatable bonds is 0. The maximum atomic E-state index is 9.18. The van der Waals surface area contributed by atoms with E-state index >= 15 is 0 Å². The van der Waals surface area contributed by atoms with E-state index in [4.69, 9.17) is 5.11 Å². The van der Waals surface area contributed by atoms with Gasteiger partial charge in [-0.25, -0.2) is 0 Å². The highest BCUT2D eigenvalue weighted by molar-refractivity contribution is 8.00. The van der Waals surface area contributed by atoms with Crippen molar-refractivity contribution >= 4 is 11.8 Å². The van der Waals surface area contributed by atoms with Crippen molar-refractivity contribution in [1.82, 2.24) is 5.32 Å². The number of thioether (sulfide) groups is 1. The molecule has 1 aliphatic heterocycles. The summed E-state index contributed by atoms with van der Waals surface area (Å²) in [6.07, 6.45) is -0.892. The first-order chi connectivity index (χ1) is 4.13. The zero-order chi connectivity index (χ0) is 6.91. The smallest absolute Gasteiger partial charge is 0.149 e. The average Bonchev–Trinajstić information content (AvgIpc) is 1.77. The van der Waals surface area contributed by atoms with E-state index in [0.717, 1.165) is 12.3 Å². The SMILES string of the molecule is [CH2]C1(O)SCCNC1O. The minimum Gasteiger partial charge on any atom is -0.375 e. The van der Waals surface area contributed by atoms with E-state index in [9.17, 15) is 5.11 Å². The second-order valence-electron chi connectivity index (χ2n) is 2.05. The maximum absolute atomic E-state index is 9.18. The van der Waals surface area contributed by atoms with Gasteiger partial charge in [0.15, 0.2) is 0 Å². The Morgan fingerprint density at radius 1 is 1.78 bits per heavy atom. The lowest BCUT2D eigenvalue weighted by atomic mass is 10.3. The summed E-state index contributed by atoms with van der Waals surface area (Å²) in [5.74, 6) is 0.789. The molecule has 1 heterocycles. The highest BCUT2D eigenvalue weighted by Crippen LogP contribution is 2.26. The predicted molar refractivity (Wildman–Crippen MR) is 36.8 cm³/mol. The van der Waals surface area contributed by atoms with Gasteiger partial charge in [0.2, 0.25) is 0 Å². The summed E-state index contributed by atoms with van der Waals surface area (Å²) >= 11 is 1.26. The van der Waals surface area contributed by atoms with Crippen molar-refractivity contribution in [2.24, 2.45) is 0 Å². The highest BCUT2D eigenvalue weighted by Gasteiger charge is 2.33. The minimum atomic E-state index is -1.25. The summed E-state index contributed by atoms with van der Waals surface area (Å²) in [7, 11) is 0. The fraction of sp³-hybridized carbons (Fsp3) is 0.800. The van der Waals surface area contributed by atoms with Crippen molar-refractivity contribution in [3.63, 3.8) is 0 Å². The van der Waals surface area contributed by atoms with E-state index in [1.165, 1.54) is 11.8 Å². The molecule has 0 spiro atoms. The molecule has 3 nitrogen and oxygen atoms in total. The van der Waals surface area contributed by atoms with Gasteiger partial charge in [0, 0.05) is 12.3 Å². The monoisotopic (exact) mass is 148 g/mol. The van der Waals surface area contributed by atoms with Crippen LogP contribution in [0.5, 0.6) is 0 Å².